The third-order valence-electron chi connectivity index (χ3n) is 1.45. The van der Waals surface area contributed by atoms with Crippen LogP contribution < -0.4 is 0 Å². The van der Waals surface area contributed by atoms with Gasteiger partial charge in [0, 0.05) is 6.07 Å². The summed E-state index contributed by atoms with van der Waals surface area (Å²) in [4.78, 5) is 9.64. The van der Waals surface area contributed by atoms with Crippen molar-refractivity contribution >= 4 is 5.88 Å². The molecule has 0 fully saturated rings. The summed E-state index contributed by atoms with van der Waals surface area (Å²) < 4.78 is 9.60. The third-order valence-corrected chi connectivity index (χ3v) is 1.45. The third kappa shape index (κ3) is 1.28. The molecule has 2 rings (SSSR count). The lowest BCUT2D eigenvalue weighted by Crippen LogP contribution is -1.82. The van der Waals surface area contributed by atoms with E-state index in [9.17, 15) is 10.1 Å². The highest BCUT2D eigenvalue weighted by atomic mass is 16.6. The molecule has 0 bridgehead atoms. The molecule has 0 aromatic carbocycles. The van der Waals surface area contributed by atoms with E-state index in [1.54, 1.807) is 6.07 Å². The molecule has 0 N–H and O–H groups in total. The molecule has 0 radical (unpaired) electrons. The van der Waals surface area contributed by atoms with Gasteiger partial charge < -0.3 is 8.94 Å². The molecule has 0 unspecified atom stereocenters. The number of nitrogens with zero attached hydrogens (tertiary/aromatic N) is 2. The summed E-state index contributed by atoms with van der Waals surface area (Å²) >= 11 is 0. The molecule has 0 aliphatic heterocycles. The topological polar surface area (TPSA) is 82.3 Å². The average Bonchev–Trinajstić information content (AvgIpc) is 2.75. The molecule has 66 valence electrons. The average molecular weight is 180 g/mol. The van der Waals surface area contributed by atoms with Gasteiger partial charge in [-0.2, -0.15) is 0 Å². The van der Waals surface area contributed by atoms with E-state index in [-0.39, 0.29) is 5.88 Å². The van der Waals surface area contributed by atoms with E-state index in [1.165, 1.54) is 18.3 Å². The summed E-state index contributed by atoms with van der Waals surface area (Å²) in [5.74, 6) is 0.351. The molecular weight excluding hydrogens is 176 g/mol. The number of hydrogen-bond donors (Lipinski definition) is 0. The maximum absolute atomic E-state index is 10.2. The maximum atomic E-state index is 10.2. The van der Waals surface area contributed by atoms with Gasteiger partial charge in [0.25, 0.3) is 0 Å². The number of rotatable bonds is 2. The first-order valence-corrected chi connectivity index (χ1v) is 3.42. The van der Waals surface area contributed by atoms with Gasteiger partial charge in [-0.1, -0.05) is 5.16 Å². The molecule has 2 aromatic rings. The van der Waals surface area contributed by atoms with Crippen LogP contribution in [-0.2, 0) is 0 Å². The molecule has 0 amide bonds. The first-order valence-electron chi connectivity index (χ1n) is 3.42. The molecule has 0 aliphatic carbocycles. The molecule has 0 spiro atoms. The monoisotopic (exact) mass is 180 g/mol. The summed E-state index contributed by atoms with van der Waals surface area (Å²) in [5.41, 5.74) is 0. The standard InChI is InChI=1S/C7H4N2O4/c10-9(11)7-2-1-5(12-7)6-3-4-8-13-6/h1-4H. The van der Waals surface area contributed by atoms with E-state index in [0.717, 1.165) is 0 Å². The highest BCUT2D eigenvalue weighted by Crippen LogP contribution is 2.25. The van der Waals surface area contributed by atoms with Crippen LogP contribution in [0.3, 0.4) is 0 Å². The van der Waals surface area contributed by atoms with E-state index in [1.807, 2.05) is 0 Å². The van der Waals surface area contributed by atoms with E-state index in [0.29, 0.717) is 11.5 Å². The van der Waals surface area contributed by atoms with Crippen molar-refractivity contribution in [2.45, 2.75) is 0 Å². The highest BCUT2D eigenvalue weighted by Gasteiger charge is 2.14. The minimum atomic E-state index is -0.611. The van der Waals surface area contributed by atoms with Crippen molar-refractivity contribution in [1.29, 1.82) is 0 Å². The lowest BCUT2D eigenvalue weighted by atomic mass is 10.3. The molecule has 13 heavy (non-hydrogen) atoms. The van der Waals surface area contributed by atoms with Crippen molar-refractivity contribution < 1.29 is 13.9 Å². The fourth-order valence-electron chi connectivity index (χ4n) is 0.901. The van der Waals surface area contributed by atoms with Gasteiger partial charge in [-0.05, 0) is 6.07 Å². The van der Waals surface area contributed by atoms with Gasteiger partial charge in [-0.3, -0.25) is 10.1 Å². The van der Waals surface area contributed by atoms with Crippen molar-refractivity contribution in [1.82, 2.24) is 5.16 Å². The second-order valence-electron chi connectivity index (χ2n) is 2.27. The Balaban J connectivity index is 2.39. The van der Waals surface area contributed by atoms with Crippen LogP contribution in [0.25, 0.3) is 11.5 Å². The second-order valence-corrected chi connectivity index (χ2v) is 2.27. The SMILES string of the molecule is O=[N+]([O-])c1ccc(-c2ccno2)o1. The number of aromatic nitrogens is 1. The number of hydrogen-bond acceptors (Lipinski definition) is 5. The van der Waals surface area contributed by atoms with Crippen LogP contribution in [0.2, 0.25) is 0 Å². The minimum Gasteiger partial charge on any atom is -0.397 e. The molecular formula is C7H4N2O4. The first kappa shape index (κ1) is 7.53. The summed E-state index contributed by atoms with van der Waals surface area (Å²) in [6.07, 6.45) is 1.43. The molecule has 0 saturated heterocycles. The Bertz CT molecular complexity index is 417. The van der Waals surface area contributed by atoms with Crippen molar-refractivity contribution in [2.75, 3.05) is 0 Å². The van der Waals surface area contributed by atoms with Crippen LogP contribution in [0.5, 0.6) is 0 Å². The molecule has 6 heteroatoms. The summed E-state index contributed by atoms with van der Waals surface area (Å²) in [5, 5.41) is 13.7. The molecule has 0 atom stereocenters. The number of nitro groups is 1. The zero-order valence-electron chi connectivity index (χ0n) is 6.34. The van der Waals surface area contributed by atoms with Gasteiger partial charge in [0.2, 0.25) is 5.76 Å². The van der Waals surface area contributed by atoms with Crippen LogP contribution in [0, 0.1) is 10.1 Å². The van der Waals surface area contributed by atoms with Crippen molar-refractivity contribution in [3.05, 3.63) is 34.5 Å². The van der Waals surface area contributed by atoms with E-state index in [4.69, 9.17) is 8.94 Å². The van der Waals surface area contributed by atoms with Gasteiger partial charge in [-0.25, -0.2) is 0 Å². The van der Waals surface area contributed by atoms with Gasteiger partial charge >= 0.3 is 5.88 Å². The van der Waals surface area contributed by atoms with E-state index >= 15 is 0 Å². The fourth-order valence-corrected chi connectivity index (χ4v) is 0.901. The summed E-state index contributed by atoms with van der Waals surface area (Å²) in [6.45, 7) is 0. The molecule has 0 aliphatic rings. The first-order chi connectivity index (χ1) is 6.27. The molecule has 6 nitrogen and oxygen atoms in total. The highest BCUT2D eigenvalue weighted by molar-refractivity contribution is 5.50. The Morgan fingerprint density at radius 1 is 1.31 bits per heavy atom. The predicted molar refractivity (Wildman–Crippen MR) is 40.9 cm³/mol. The predicted octanol–water partition coefficient (Wildman–Crippen LogP) is 1.84. The molecule has 0 saturated carbocycles. The Kier molecular flexibility index (Phi) is 1.59. The van der Waals surface area contributed by atoms with Gasteiger partial charge in [-0.15, -0.1) is 0 Å². The Labute approximate surface area is 71.9 Å². The maximum Gasteiger partial charge on any atom is 0.433 e. The zero-order chi connectivity index (χ0) is 9.26. The van der Waals surface area contributed by atoms with Crippen LogP contribution in [0.4, 0.5) is 5.88 Å². The normalized spacial score (nSPS) is 10.2. The van der Waals surface area contributed by atoms with Gasteiger partial charge in [0.1, 0.15) is 4.92 Å². The number of furan rings is 1. The second kappa shape index (κ2) is 2.74. The fraction of sp³-hybridized carbons (Fsp3) is 0. The van der Waals surface area contributed by atoms with Gasteiger partial charge in [0.15, 0.2) is 5.76 Å². The van der Waals surface area contributed by atoms with Crippen LogP contribution in [0.1, 0.15) is 0 Å². The van der Waals surface area contributed by atoms with Crippen molar-refractivity contribution in [2.24, 2.45) is 0 Å². The van der Waals surface area contributed by atoms with Crippen LogP contribution in [0.15, 0.2) is 33.3 Å². The van der Waals surface area contributed by atoms with Crippen molar-refractivity contribution in [3.8, 4) is 11.5 Å². The van der Waals surface area contributed by atoms with Crippen LogP contribution in [-0.4, -0.2) is 10.1 Å². The smallest absolute Gasteiger partial charge is 0.397 e. The van der Waals surface area contributed by atoms with Crippen LogP contribution >= 0.6 is 0 Å². The Morgan fingerprint density at radius 3 is 2.69 bits per heavy atom. The quantitative estimate of drug-likeness (QED) is 0.520. The van der Waals surface area contributed by atoms with Crippen molar-refractivity contribution in [3.63, 3.8) is 0 Å². The molecule has 2 aromatic heterocycles. The van der Waals surface area contributed by atoms with Gasteiger partial charge in [0.05, 0.1) is 12.3 Å². The Morgan fingerprint density at radius 2 is 2.15 bits per heavy atom. The van der Waals surface area contributed by atoms with E-state index in [2.05, 4.69) is 5.16 Å². The molecule has 2 heterocycles. The summed E-state index contributed by atoms with van der Waals surface area (Å²) in [6, 6.07) is 4.28. The minimum absolute atomic E-state index is 0.296. The lowest BCUT2D eigenvalue weighted by molar-refractivity contribution is -0.401. The largest absolute Gasteiger partial charge is 0.433 e. The summed E-state index contributed by atoms with van der Waals surface area (Å²) in [7, 11) is 0. The van der Waals surface area contributed by atoms with E-state index < -0.39 is 4.92 Å². The Hall–Kier alpha value is -2.11. The zero-order valence-corrected chi connectivity index (χ0v) is 6.34. The lowest BCUT2D eigenvalue weighted by Gasteiger charge is -1.84.